The molecule has 2 aromatic rings. The Labute approximate surface area is 113 Å². The molecule has 10 nitrogen and oxygen atoms in total. The fraction of sp³-hybridized carbons (Fsp3) is 0.111. The minimum Gasteiger partial charge on any atom is -0.476 e. The first kappa shape index (κ1) is 13.6. The molecule has 0 aliphatic heterocycles. The van der Waals surface area contributed by atoms with E-state index in [-0.39, 0.29) is 17.2 Å². The Hall–Kier alpha value is -2.82. The second-order valence-corrected chi connectivity index (χ2v) is 4.47. The molecule has 2 aromatic heterocycles. The van der Waals surface area contributed by atoms with Crippen molar-refractivity contribution < 1.29 is 14.8 Å². The highest BCUT2D eigenvalue weighted by molar-refractivity contribution is 7.11. The lowest BCUT2D eigenvalue weighted by molar-refractivity contribution is -0.386. The van der Waals surface area contributed by atoms with Crippen LogP contribution in [0.2, 0.25) is 0 Å². The number of thiazole rings is 1. The molecule has 0 aliphatic carbocycles. The third kappa shape index (κ3) is 2.61. The van der Waals surface area contributed by atoms with Gasteiger partial charge >= 0.3 is 22.9 Å². The fourth-order valence-electron chi connectivity index (χ4n) is 1.40. The Bertz CT molecular complexity index is 803. The van der Waals surface area contributed by atoms with E-state index >= 15 is 0 Å². The molecule has 2 rings (SSSR count). The standard InChI is InChI=1S/C9H6N4O6S/c14-6-5(13(18)19)2-12(9(17)11-6)1-4-3-20-7(10-4)8(15)16/h2-3H,1H2,(H,15,16)(H,11,14,17). The van der Waals surface area contributed by atoms with E-state index in [4.69, 9.17) is 5.11 Å². The van der Waals surface area contributed by atoms with Gasteiger partial charge in [0.2, 0.25) is 5.01 Å². The second kappa shape index (κ2) is 5.05. The first-order valence-electron chi connectivity index (χ1n) is 5.04. The van der Waals surface area contributed by atoms with E-state index < -0.39 is 27.8 Å². The molecule has 0 fully saturated rings. The number of H-pyrrole nitrogens is 1. The van der Waals surface area contributed by atoms with Crippen LogP contribution >= 0.6 is 11.3 Å². The summed E-state index contributed by atoms with van der Waals surface area (Å²) in [7, 11) is 0. The minimum absolute atomic E-state index is 0.160. The number of nitro groups is 1. The van der Waals surface area contributed by atoms with Gasteiger partial charge in [0.1, 0.15) is 0 Å². The van der Waals surface area contributed by atoms with E-state index in [1.807, 2.05) is 4.98 Å². The number of aromatic carboxylic acids is 1. The van der Waals surface area contributed by atoms with E-state index in [0.717, 1.165) is 22.1 Å². The molecule has 0 unspecified atom stereocenters. The molecule has 0 spiro atoms. The van der Waals surface area contributed by atoms with Gasteiger partial charge < -0.3 is 5.11 Å². The van der Waals surface area contributed by atoms with E-state index in [0.29, 0.717) is 0 Å². The van der Waals surface area contributed by atoms with Crippen LogP contribution in [0.4, 0.5) is 5.69 Å². The van der Waals surface area contributed by atoms with Crippen molar-refractivity contribution in [2.24, 2.45) is 0 Å². The molecule has 0 radical (unpaired) electrons. The van der Waals surface area contributed by atoms with Crippen LogP contribution < -0.4 is 11.2 Å². The number of hydrogen-bond donors (Lipinski definition) is 2. The molecule has 104 valence electrons. The Kier molecular flexibility index (Phi) is 3.43. The molecule has 20 heavy (non-hydrogen) atoms. The molecular formula is C9H6N4O6S. The first-order chi connectivity index (χ1) is 9.38. The number of aromatic amines is 1. The van der Waals surface area contributed by atoms with Gasteiger partial charge in [-0.1, -0.05) is 0 Å². The summed E-state index contributed by atoms with van der Waals surface area (Å²) in [6.45, 7) is -0.180. The number of carboxylic acids is 1. The zero-order chi connectivity index (χ0) is 14.9. The van der Waals surface area contributed by atoms with Gasteiger partial charge in [0, 0.05) is 5.38 Å². The molecule has 2 heterocycles. The van der Waals surface area contributed by atoms with Crippen LogP contribution in [0.3, 0.4) is 0 Å². The lowest BCUT2D eigenvalue weighted by Crippen LogP contribution is -2.31. The summed E-state index contributed by atoms with van der Waals surface area (Å²) in [6, 6.07) is 0. The summed E-state index contributed by atoms with van der Waals surface area (Å²) in [6.07, 6.45) is 0.793. The fourth-order valence-corrected chi connectivity index (χ4v) is 2.04. The zero-order valence-electron chi connectivity index (χ0n) is 9.60. The van der Waals surface area contributed by atoms with Crippen molar-refractivity contribution in [3.63, 3.8) is 0 Å². The van der Waals surface area contributed by atoms with Crippen LogP contribution in [0.25, 0.3) is 0 Å². The van der Waals surface area contributed by atoms with Gasteiger partial charge in [-0.15, -0.1) is 11.3 Å². The molecule has 0 saturated heterocycles. The molecular weight excluding hydrogens is 292 g/mol. The average Bonchev–Trinajstić information content (AvgIpc) is 2.80. The Morgan fingerprint density at radius 1 is 1.55 bits per heavy atom. The molecule has 0 atom stereocenters. The van der Waals surface area contributed by atoms with Crippen LogP contribution in [0.5, 0.6) is 0 Å². The molecule has 0 amide bonds. The highest BCUT2D eigenvalue weighted by atomic mass is 32.1. The van der Waals surface area contributed by atoms with Crippen LogP contribution in [0.1, 0.15) is 15.5 Å². The Morgan fingerprint density at radius 2 is 2.25 bits per heavy atom. The third-order valence-electron chi connectivity index (χ3n) is 2.26. The predicted molar refractivity (Wildman–Crippen MR) is 66.2 cm³/mol. The van der Waals surface area contributed by atoms with Gasteiger partial charge in [-0.3, -0.25) is 24.5 Å². The van der Waals surface area contributed by atoms with Crippen molar-refractivity contribution in [2.75, 3.05) is 0 Å². The zero-order valence-corrected chi connectivity index (χ0v) is 10.4. The Balaban J connectivity index is 2.40. The van der Waals surface area contributed by atoms with E-state index in [1.54, 1.807) is 0 Å². The van der Waals surface area contributed by atoms with Gasteiger partial charge in [0.05, 0.1) is 23.4 Å². The van der Waals surface area contributed by atoms with Gasteiger partial charge in [0.15, 0.2) is 0 Å². The highest BCUT2D eigenvalue weighted by Crippen LogP contribution is 2.10. The number of nitrogens with zero attached hydrogens (tertiary/aromatic N) is 3. The SMILES string of the molecule is O=C(O)c1nc(Cn2cc([N+](=O)[O-])c(=O)[nH]c2=O)cs1. The van der Waals surface area contributed by atoms with Crippen molar-refractivity contribution >= 4 is 23.0 Å². The second-order valence-electron chi connectivity index (χ2n) is 3.61. The summed E-state index contributed by atoms with van der Waals surface area (Å²) in [5.41, 5.74) is -2.47. The van der Waals surface area contributed by atoms with E-state index in [1.165, 1.54) is 5.38 Å². The monoisotopic (exact) mass is 298 g/mol. The average molecular weight is 298 g/mol. The Morgan fingerprint density at radius 3 is 2.80 bits per heavy atom. The lowest BCUT2D eigenvalue weighted by atomic mass is 10.4. The smallest absolute Gasteiger partial charge is 0.365 e. The summed E-state index contributed by atoms with van der Waals surface area (Å²) in [5, 5.41) is 20.6. The summed E-state index contributed by atoms with van der Waals surface area (Å²) < 4.78 is 0.875. The van der Waals surface area contributed by atoms with Gasteiger partial charge in [-0.2, -0.15) is 0 Å². The van der Waals surface area contributed by atoms with E-state index in [9.17, 15) is 24.5 Å². The van der Waals surface area contributed by atoms with Crippen molar-refractivity contribution in [1.29, 1.82) is 0 Å². The van der Waals surface area contributed by atoms with Crippen molar-refractivity contribution in [3.05, 3.63) is 53.2 Å². The number of aromatic nitrogens is 3. The van der Waals surface area contributed by atoms with Crippen LogP contribution in [-0.2, 0) is 6.54 Å². The molecule has 11 heteroatoms. The molecule has 0 bridgehead atoms. The first-order valence-corrected chi connectivity index (χ1v) is 5.92. The van der Waals surface area contributed by atoms with Crippen molar-refractivity contribution in [2.45, 2.75) is 6.54 Å². The number of nitrogens with one attached hydrogen (secondary N) is 1. The quantitative estimate of drug-likeness (QED) is 0.578. The highest BCUT2D eigenvalue weighted by Gasteiger charge is 2.16. The normalized spacial score (nSPS) is 10.4. The minimum atomic E-state index is -1.21. The molecule has 0 saturated carbocycles. The summed E-state index contributed by atoms with van der Waals surface area (Å²) in [5.74, 6) is -1.21. The maximum Gasteiger partial charge on any atom is 0.365 e. The number of carbonyl (C=O) groups is 1. The van der Waals surface area contributed by atoms with Crippen LogP contribution in [0.15, 0.2) is 21.2 Å². The molecule has 2 N–H and O–H groups in total. The predicted octanol–water partition coefficient (Wildman–Crippen LogP) is -0.352. The summed E-state index contributed by atoms with van der Waals surface area (Å²) >= 11 is 0.865. The number of hydrogen-bond acceptors (Lipinski definition) is 7. The van der Waals surface area contributed by atoms with Crippen molar-refractivity contribution in [1.82, 2.24) is 14.5 Å². The number of rotatable bonds is 4. The topological polar surface area (TPSA) is 148 Å². The lowest BCUT2D eigenvalue weighted by Gasteiger charge is -2.01. The molecule has 0 aliphatic rings. The number of carboxylic acid groups (broad SMARTS) is 1. The van der Waals surface area contributed by atoms with Crippen LogP contribution in [-0.4, -0.2) is 30.5 Å². The maximum atomic E-state index is 11.5. The van der Waals surface area contributed by atoms with Gasteiger partial charge in [-0.25, -0.2) is 14.6 Å². The largest absolute Gasteiger partial charge is 0.476 e. The van der Waals surface area contributed by atoms with Crippen LogP contribution in [0, 0.1) is 10.1 Å². The molecule has 0 aromatic carbocycles. The third-order valence-corrected chi connectivity index (χ3v) is 3.13. The van der Waals surface area contributed by atoms with Crippen molar-refractivity contribution in [3.8, 4) is 0 Å². The summed E-state index contributed by atoms with van der Waals surface area (Å²) in [4.78, 5) is 48.6. The van der Waals surface area contributed by atoms with Gasteiger partial charge in [0.25, 0.3) is 0 Å². The van der Waals surface area contributed by atoms with E-state index in [2.05, 4.69) is 4.98 Å². The maximum absolute atomic E-state index is 11.5. The van der Waals surface area contributed by atoms with Gasteiger partial charge in [-0.05, 0) is 0 Å².